The normalized spacial score (nSPS) is 13.2. The highest BCUT2D eigenvalue weighted by molar-refractivity contribution is 5.81. The first-order chi connectivity index (χ1) is 13.7. The summed E-state index contributed by atoms with van der Waals surface area (Å²) in [5, 5.41) is 9.07. The van der Waals surface area contributed by atoms with E-state index in [0.717, 1.165) is 6.07 Å². The first-order valence-electron chi connectivity index (χ1n) is 9.48. The van der Waals surface area contributed by atoms with Crippen molar-refractivity contribution in [2.24, 2.45) is 0 Å². The summed E-state index contributed by atoms with van der Waals surface area (Å²) in [6.45, 7) is 11.0. The van der Waals surface area contributed by atoms with Gasteiger partial charge in [-0.1, -0.05) is 13.8 Å². The van der Waals surface area contributed by atoms with Gasteiger partial charge in [-0.15, -0.1) is 0 Å². The molecule has 0 atom stereocenters. The standard InChI is InChI=1S/C17H20FN3O3.C2H6O.C2H6/c1-17(2,3)24-16(23)21-6-4-20(5-7-21)15-9-12(10-19)13(11-22)8-14(15)18;1-3-2;1-2/h8-9,11H,4-7H2,1-3H3;1-2H3;1-2H3. The van der Waals surface area contributed by atoms with Crippen LogP contribution in [0.5, 0.6) is 0 Å². The largest absolute Gasteiger partial charge is 0.444 e. The van der Waals surface area contributed by atoms with E-state index in [0.29, 0.717) is 32.5 Å². The zero-order chi connectivity index (χ0) is 22.6. The third-order valence-electron chi connectivity index (χ3n) is 3.64. The first kappa shape index (κ1) is 26.3. The van der Waals surface area contributed by atoms with Gasteiger partial charge in [0.2, 0.25) is 0 Å². The number of methoxy groups -OCH3 is 1. The molecule has 1 heterocycles. The van der Waals surface area contributed by atoms with Crippen LogP contribution in [0, 0.1) is 17.1 Å². The van der Waals surface area contributed by atoms with Crippen LogP contribution < -0.4 is 4.90 Å². The van der Waals surface area contributed by atoms with Gasteiger partial charge in [-0.05, 0) is 32.9 Å². The average molecular weight is 410 g/mol. The van der Waals surface area contributed by atoms with Crippen molar-refractivity contribution >= 4 is 18.1 Å². The van der Waals surface area contributed by atoms with Crippen LogP contribution in [0.4, 0.5) is 14.9 Å². The monoisotopic (exact) mass is 409 g/mol. The molecule has 0 N–H and O–H groups in total. The summed E-state index contributed by atoms with van der Waals surface area (Å²) in [6, 6.07) is 4.34. The molecular weight excluding hydrogens is 377 g/mol. The second-order valence-electron chi connectivity index (χ2n) is 6.98. The molecular formula is C21H32FN3O4. The predicted octanol–water partition coefficient (Wildman–Crippen LogP) is 3.86. The van der Waals surface area contributed by atoms with Crippen molar-refractivity contribution in [2.45, 2.75) is 40.2 Å². The maximum atomic E-state index is 14.2. The highest BCUT2D eigenvalue weighted by atomic mass is 19.1. The predicted molar refractivity (Wildman–Crippen MR) is 111 cm³/mol. The Morgan fingerprint density at radius 3 is 2.10 bits per heavy atom. The van der Waals surface area contributed by atoms with E-state index in [-0.39, 0.29) is 16.8 Å². The maximum Gasteiger partial charge on any atom is 0.410 e. The molecule has 162 valence electrons. The van der Waals surface area contributed by atoms with E-state index in [9.17, 15) is 14.0 Å². The van der Waals surface area contributed by atoms with Gasteiger partial charge in [0.1, 0.15) is 11.4 Å². The summed E-state index contributed by atoms with van der Waals surface area (Å²) >= 11 is 0. The fraction of sp³-hybridized carbons (Fsp3) is 0.571. The van der Waals surface area contributed by atoms with Crippen molar-refractivity contribution in [1.82, 2.24) is 4.90 Å². The van der Waals surface area contributed by atoms with E-state index in [2.05, 4.69) is 4.74 Å². The Labute approximate surface area is 173 Å². The summed E-state index contributed by atoms with van der Waals surface area (Å²) in [4.78, 5) is 26.2. The lowest BCUT2D eigenvalue weighted by Gasteiger charge is -2.36. The summed E-state index contributed by atoms with van der Waals surface area (Å²) in [5.74, 6) is -0.554. The molecule has 7 nitrogen and oxygen atoms in total. The molecule has 29 heavy (non-hydrogen) atoms. The molecule has 0 saturated carbocycles. The van der Waals surface area contributed by atoms with Crippen molar-refractivity contribution in [3.8, 4) is 6.07 Å². The number of hydrogen-bond acceptors (Lipinski definition) is 6. The zero-order valence-electron chi connectivity index (χ0n) is 18.4. The van der Waals surface area contributed by atoms with Crippen LogP contribution in [-0.2, 0) is 9.47 Å². The number of benzene rings is 1. The van der Waals surface area contributed by atoms with Crippen LogP contribution in [-0.4, -0.2) is 63.3 Å². The van der Waals surface area contributed by atoms with Crippen LogP contribution in [0.3, 0.4) is 0 Å². The van der Waals surface area contributed by atoms with Crippen LogP contribution in [0.1, 0.15) is 50.5 Å². The van der Waals surface area contributed by atoms with Gasteiger partial charge in [0.25, 0.3) is 0 Å². The number of carbonyl (C=O) groups is 2. The molecule has 2 rings (SSSR count). The Kier molecular flexibility index (Phi) is 11.6. The molecule has 0 aromatic heterocycles. The SMILES string of the molecule is CC.CC(C)(C)OC(=O)N1CCN(c2cc(C#N)c(C=O)cc2F)CC1.COC. The molecule has 1 saturated heterocycles. The third kappa shape index (κ3) is 8.48. The van der Waals surface area contributed by atoms with E-state index < -0.39 is 17.5 Å². The van der Waals surface area contributed by atoms with Crippen molar-refractivity contribution < 1.29 is 23.5 Å². The molecule has 1 amide bonds. The van der Waals surface area contributed by atoms with E-state index in [4.69, 9.17) is 10.00 Å². The highest BCUT2D eigenvalue weighted by Crippen LogP contribution is 2.24. The Morgan fingerprint density at radius 1 is 1.17 bits per heavy atom. The van der Waals surface area contributed by atoms with E-state index in [1.807, 2.05) is 19.9 Å². The third-order valence-corrected chi connectivity index (χ3v) is 3.64. The fourth-order valence-electron chi connectivity index (χ4n) is 2.47. The maximum absolute atomic E-state index is 14.2. The minimum atomic E-state index is -0.563. The number of halogens is 1. The number of carbonyl (C=O) groups excluding carboxylic acids is 2. The van der Waals surface area contributed by atoms with E-state index in [1.54, 1.807) is 44.8 Å². The van der Waals surface area contributed by atoms with E-state index >= 15 is 0 Å². The average Bonchev–Trinajstić information content (AvgIpc) is 2.68. The minimum absolute atomic E-state index is 0.0335. The summed E-state index contributed by atoms with van der Waals surface area (Å²) in [6.07, 6.45) is 0.0721. The molecule has 1 aliphatic heterocycles. The van der Waals surface area contributed by atoms with Gasteiger partial charge < -0.3 is 19.3 Å². The molecule has 8 heteroatoms. The summed E-state index contributed by atoms with van der Waals surface area (Å²) in [7, 11) is 3.25. The van der Waals surface area contributed by atoms with E-state index in [1.165, 1.54) is 6.07 Å². The van der Waals surface area contributed by atoms with Crippen molar-refractivity contribution in [3.63, 3.8) is 0 Å². The molecule has 0 radical (unpaired) electrons. The lowest BCUT2D eigenvalue weighted by molar-refractivity contribution is 0.0240. The molecule has 1 aromatic rings. The number of hydrogen-bond donors (Lipinski definition) is 0. The number of nitrogens with zero attached hydrogens (tertiary/aromatic N) is 3. The molecule has 0 unspecified atom stereocenters. The van der Waals surface area contributed by atoms with Crippen molar-refractivity contribution in [2.75, 3.05) is 45.3 Å². The number of rotatable bonds is 2. The smallest absolute Gasteiger partial charge is 0.410 e. The van der Waals surface area contributed by atoms with Gasteiger partial charge in [0.05, 0.1) is 17.3 Å². The molecule has 0 bridgehead atoms. The Morgan fingerprint density at radius 2 is 1.69 bits per heavy atom. The number of nitriles is 1. The van der Waals surface area contributed by atoms with Crippen molar-refractivity contribution in [3.05, 3.63) is 29.1 Å². The molecule has 0 spiro atoms. The number of aldehydes is 1. The van der Waals surface area contributed by atoms with Crippen LogP contribution >= 0.6 is 0 Å². The summed E-state index contributed by atoms with van der Waals surface area (Å²) in [5.41, 5.74) is -0.129. The van der Waals surface area contributed by atoms with Crippen LogP contribution in [0.25, 0.3) is 0 Å². The van der Waals surface area contributed by atoms with Gasteiger partial charge in [-0.25, -0.2) is 9.18 Å². The van der Waals surface area contributed by atoms with Crippen LogP contribution in [0.15, 0.2) is 12.1 Å². The highest BCUT2D eigenvalue weighted by Gasteiger charge is 2.27. The van der Waals surface area contributed by atoms with Gasteiger partial charge in [0, 0.05) is 46.0 Å². The van der Waals surface area contributed by atoms with Gasteiger partial charge >= 0.3 is 6.09 Å². The quantitative estimate of drug-likeness (QED) is 0.690. The number of amides is 1. The number of piperazine rings is 1. The molecule has 1 aliphatic rings. The lowest BCUT2D eigenvalue weighted by atomic mass is 10.1. The Balaban J connectivity index is 0.00000143. The molecule has 0 aliphatic carbocycles. The minimum Gasteiger partial charge on any atom is -0.444 e. The zero-order valence-corrected chi connectivity index (χ0v) is 18.4. The molecule has 1 aromatic carbocycles. The topological polar surface area (TPSA) is 82.9 Å². The van der Waals surface area contributed by atoms with Crippen LogP contribution in [0.2, 0.25) is 0 Å². The number of anilines is 1. The number of ether oxygens (including phenoxy) is 2. The Hall–Kier alpha value is -2.66. The summed E-state index contributed by atoms with van der Waals surface area (Å²) < 4.78 is 23.8. The lowest BCUT2D eigenvalue weighted by Crippen LogP contribution is -2.50. The van der Waals surface area contributed by atoms with Gasteiger partial charge in [0.15, 0.2) is 6.29 Å². The first-order valence-corrected chi connectivity index (χ1v) is 9.48. The molecule has 1 fully saturated rings. The fourth-order valence-corrected chi connectivity index (χ4v) is 2.47. The Bertz CT molecular complexity index is 703. The van der Waals surface area contributed by atoms with Gasteiger partial charge in [-0.2, -0.15) is 5.26 Å². The van der Waals surface area contributed by atoms with Gasteiger partial charge in [-0.3, -0.25) is 4.79 Å². The second kappa shape index (κ2) is 12.7. The second-order valence-corrected chi connectivity index (χ2v) is 6.98. The van der Waals surface area contributed by atoms with Crippen molar-refractivity contribution in [1.29, 1.82) is 5.26 Å².